The van der Waals surface area contributed by atoms with Crippen LogP contribution in [-0.2, 0) is 17.6 Å². The second-order valence-electron chi connectivity index (χ2n) is 6.06. The quantitative estimate of drug-likeness (QED) is 0.865. The molecule has 1 aliphatic heterocycles. The van der Waals surface area contributed by atoms with E-state index in [0.717, 1.165) is 17.8 Å². The Bertz CT molecular complexity index is 656. The van der Waals surface area contributed by atoms with Gasteiger partial charge in [-0.1, -0.05) is 30.3 Å². The number of carbonyl (C=O) groups is 1. The van der Waals surface area contributed by atoms with Gasteiger partial charge < -0.3 is 9.64 Å². The van der Waals surface area contributed by atoms with Crippen LogP contribution < -0.4 is 0 Å². The zero-order valence-electron chi connectivity index (χ0n) is 13.6. The molecule has 2 aromatic rings. The largest absolute Gasteiger partial charge is 0.375 e. The molecule has 0 saturated carbocycles. The minimum absolute atomic E-state index is 0.0230. The summed E-state index contributed by atoms with van der Waals surface area (Å²) in [4.78, 5) is 19.1. The molecule has 0 spiro atoms. The van der Waals surface area contributed by atoms with Gasteiger partial charge in [0.1, 0.15) is 5.69 Å². The lowest BCUT2D eigenvalue weighted by Gasteiger charge is -2.36. The van der Waals surface area contributed by atoms with E-state index in [2.05, 4.69) is 17.1 Å². The highest BCUT2D eigenvalue weighted by atomic mass is 32.1. The van der Waals surface area contributed by atoms with Crippen molar-refractivity contribution in [1.82, 2.24) is 9.88 Å². The molecule has 1 aliphatic rings. The van der Waals surface area contributed by atoms with Crippen LogP contribution in [0.2, 0.25) is 0 Å². The molecule has 3 rings (SSSR count). The Kier molecular flexibility index (Phi) is 5.08. The molecule has 1 saturated heterocycles. The van der Waals surface area contributed by atoms with E-state index in [1.54, 1.807) is 11.3 Å². The molecule has 2 heterocycles. The van der Waals surface area contributed by atoms with Crippen molar-refractivity contribution in [3.05, 3.63) is 52.0 Å². The molecule has 0 N–H and O–H groups in total. The Labute approximate surface area is 141 Å². The second kappa shape index (κ2) is 7.23. The first-order chi connectivity index (χ1) is 11.1. The molecule has 2 atom stereocenters. The number of hydrogen-bond acceptors (Lipinski definition) is 4. The number of nitrogens with zero attached hydrogens (tertiary/aromatic N) is 2. The number of rotatable bonds is 4. The van der Waals surface area contributed by atoms with Gasteiger partial charge in [-0.2, -0.15) is 0 Å². The van der Waals surface area contributed by atoms with Crippen LogP contribution in [-0.4, -0.2) is 41.1 Å². The van der Waals surface area contributed by atoms with E-state index in [4.69, 9.17) is 4.74 Å². The fourth-order valence-electron chi connectivity index (χ4n) is 2.75. The maximum Gasteiger partial charge on any atom is 0.273 e. The molecule has 0 radical (unpaired) electrons. The van der Waals surface area contributed by atoms with Gasteiger partial charge in [0, 0.05) is 18.3 Å². The van der Waals surface area contributed by atoms with Crippen LogP contribution in [0.15, 0.2) is 35.7 Å². The predicted octanol–water partition coefficient (Wildman–Crippen LogP) is 3.18. The highest BCUT2D eigenvalue weighted by molar-refractivity contribution is 7.09. The summed E-state index contributed by atoms with van der Waals surface area (Å²) < 4.78 is 5.59. The monoisotopic (exact) mass is 330 g/mol. The lowest BCUT2D eigenvalue weighted by molar-refractivity contribution is -0.0388. The van der Waals surface area contributed by atoms with Gasteiger partial charge in [-0.15, -0.1) is 11.3 Å². The summed E-state index contributed by atoms with van der Waals surface area (Å²) in [6, 6.07) is 10.5. The van der Waals surface area contributed by atoms with Gasteiger partial charge in [0.2, 0.25) is 0 Å². The van der Waals surface area contributed by atoms with Gasteiger partial charge in [0.05, 0.1) is 23.8 Å². The third-order valence-corrected chi connectivity index (χ3v) is 5.02. The van der Waals surface area contributed by atoms with E-state index in [9.17, 15) is 4.79 Å². The summed E-state index contributed by atoms with van der Waals surface area (Å²) in [6.07, 6.45) is 1.91. The average Bonchev–Trinajstić information content (AvgIpc) is 3.04. The first-order valence-electron chi connectivity index (χ1n) is 8.04. The molecule has 23 heavy (non-hydrogen) atoms. The van der Waals surface area contributed by atoms with Gasteiger partial charge in [0.25, 0.3) is 5.91 Å². The molecule has 4 nitrogen and oxygen atoms in total. The van der Waals surface area contributed by atoms with Gasteiger partial charge in [-0.05, 0) is 25.8 Å². The van der Waals surface area contributed by atoms with Gasteiger partial charge in [-0.25, -0.2) is 4.98 Å². The first kappa shape index (κ1) is 16.1. The number of carbonyl (C=O) groups excluding carboxylic acids is 1. The highest BCUT2D eigenvalue weighted by Crippen LogP contribution is 2.18. The molecule has 0 bridgehead atoms. The third-order valence-electron chi connectivity index (χ3n) is 4.11. The van der Waals surface area contributed by atoms with E-state index in [1.165, 1.54) is 5.56 Å². The van der Waals surface area contributed by atoms with Crippen molar-refractivity contribution in [3.63, 3.8) is 0 Å². The molecule has 122 valence electrons. The topological polar surface area (TPSA) is 42.4 Å². The Morgan fingerprint density at radius 2 is 2.09 bits per heavy atom. The molecule has 1 amide bonds. The lowest BCUT2D eigenvalue weighted by atomic mass is 10.1. The van der Waals surface area contributed by atoms with Crippen LogP contribution in [0.4, 0.5) is 0 Å². The van der Waals surface area contributed by atoms with Crippen LogP contribution in [0.5, 0.6) is 0 Å². The van der Waals surface area contributed by atoms with Crippen LogP contribution in [0.25, 0.3) is 0 Å². The maximum absolute atomic E-state index is 12.7. The summed E-state index contributed by atoms with van der Waals surface area (Å²) in [6.45, 7) is 5.25. The first-order valence-corrected chi connectivity index (χ1v) is 8.92. The Hall–Kier alpha value is -1.72. The molecular weight excluding hydrogens is 308 g/mol. The van der Waals surface area contributed by atoms with E-state index in [-0.39, 0.29) is 18.1 Å². The van der Waals surface area contributed by atoms with Crippen molar-refractivity contribution in [2.24, 2.45) is 0 Å². The Morgan fingerprint density at radius 3 is 2.87 bits per heavy atom. The average molecular weight is 330 g/mol. The fraction of sp³-hybridized carbons (Fsp3) is 0.444. The molecular formula is C18H22N2O2S. The second-order valence-corrected chi connectivity index (χ2v) is 7.01. The molecule has 5 heteroatoms. The van der Waals surface area contributed by atoms with Crippen molar-refractivity contribution in [2.75, 3.05) is 13.2 Å². The van der Waals surface area contributed by atoms with E-state index in [1.807, 2.05) is 42.3 Å². The number of hydrogen-bond donors (Lipinski definition) is 0. The zero-order chi connectivity index (χ0) is 16.2. The van der Waals surface area contributed by atoms with Crippen LogP contribution in [0.1, 0.15) is 34.9 Å². The Balaban J connectivity index is 1.63. The smallest absolute Gasteiger partial charge is 0.273 e. The summed E-state index contributed by atoms with van der Waals surface area (Å²) in [5.74, 6) is 0.0230. The number of morpholine rings is 1. The van der Waals surface area contributed by atoms with Gasteiger partial charge >= 0.3 is 0 Å². The Morgan fingerprint density at radius 1 is 1.30 bits per heavy atom. The fourth-order valence-corrected chi connectivity index (χ4v) is 3.53. The van der Waals surface area contributed by atoms with Crippen LogP contribution in [0.3, 0.4) is 0 Å². The number of amides is 1. The predicted molar refractivity (Wildman–Crippen MR) is 91.9 cm³/mol. The van der Waals surface area contributed by atoms with Crippen LogP contribution in [0, 0.1) is 0 Å². The van der Waals surface area contributed by atoms with Crippen molar-refractivity contribution in [2.45, 2.75) is 38.8 Å². The zero-order valence-corrected chi connectivity index (χ0v) is 14.4. The molecule has 1 fully saturated rings. The van der Waals surface area contributed by atoms with E-state index in [0.29, 0.717) is 18.8 Å². The molecule has 0 unspecified atom stereocenters. The van der Waals surface area contributed by atoms with Crippen molar-refractivity contribution in [1.29, 1.82) is 0 Å². The van der Waals surface area contributed by atoms with Crippen molar-refractivity contribution in [3.8, 4) is 0 Å². The lowest BCUT2D eigenvalue weighted by Crippen LogP contribution is -2.50. The standard InChI is InChI=1S/C18H22N2O2S/c1-13-11-22-14(2)10-20(13)18(21)16-12-23-17(19-16)9-8-15-6-4-3-5-7-15/h3-7,12-14H,8-11H2,1-2H3/t13-,14-/m0/s1. The summed E-state index contributed by atoms with van der Waals surface area (Å²) in [5.41, 5.74) is 1.87. The van der Waals surface area contributed by atoms with Gasteiger partial charge in [-0.3, -0.25) is 4.79 Å². The summed E-state index contributed by atoms with van der Waals surface area (Å²) in [5, 5.41) is 2.90. The summed E-state index contributed by atoms with van der Waals surface area (Å²) in [7, 11) is 0. The number of ether oxygens (including phenoxy) is 1. The minimum Gasteiger partial charge on any atom is -0.375 e. The van der Waals surface area contributed by atoms with Crippen molar-refractivity contribution >= 4 is 17.2 Å². The highest BCUT2D eigenvalue weighted by Gasteiger charge is 2.29. The van der Waals surface area contributed by atoms with Crippen LogP contribution >= 0.6 is 11.3 Å². The normalized spacial score (nSPS) is 21.4. The van der Waals surface area contributed by atoms with Crippen molar-refractivity contribution < 1.29 is 9.53 Å². The number of benzene rings is 1. The number of aromatic nitrogens is 1. The van der Waals surface area contributed by atoms with Gasteiger partial charge in [0.15, 0.2) is 0 Å². The maximum atomic E-state index is 12.7. The molecule has 1 aromatic heterocycles. The van der Waals surface area contributed by atoms with E-state index < -0.39 is 0 Å². The minimum atomic E-state index is 0.0230. The number of aryl methyl sites for hydroxylation is 2. The number of thiazole rings is 1. The SMILES string of the molecule is C[C@H]1CN(C(=O)c2csc(CCc3ccccc3)n2)[C@@H](C)CO1. The molecule has 0 aliphatic carbocycles. The third kappa shape index (κ3) is 3.98. The summed E-state index contributed by atoms with van der Waals surface area (Å²) >= 11 is 1.57. The van der Waals surface area contributed by atoms with E-state index >= 15 is 0 Å². The molecule has 1 aromatic carbocycles.